The lowest BCUT2D eigenvalue weighted by Gasteiger charge is -2.20. The maximum Gasteiger partial charge on any atom is 0.0897 e. The maximum atomic E-state index is 4.31. The van der Waals surface area contributed by atoms with Gasteiger partial charge in [-0.25, -0.2) is 4.98 Å². The predicted molar refractivity (Wildman–Crippen MR) is 62.7 cm³/mol. The van der Waals surface area contributed by atoms with Crippen molar-refractivity contribution in [2.24, 2.45) is 5.92 Å². The van der Waals surface area contributed by atoms with E-state index in [1.54, 1.807) is 11.3 Å². The van der Waals surface area contributed by atoms with Gasteiger partial charge >= 0.3 is 0 Å². The van der Waals surface area contributed by atoms with E-state index in [0.717, 1.165) is 11.6 Å². The van der Waals surface area contributed by atoms with Gasteiger partial charge in [0.25, 0.3) is 0 Å². The number of thiazole rings is 1. The van der Waals surface area contributed by atoms with Crippen molar-refractivity contribution in [3.8, 4) is 0 Å². The van der Waals surface area contributed by atoms with Gasteiger partial charge in [-0.1, -0.05) is 20.8 Å². The summed E-state index contributed by atoms with van der Waals surface area (Å²) >= 11 is 1.80. The smallest absolute Gasteiger partial charge is 0.0897 e. The Bertz CT molecular complexity index is 268. The fraction of sp³-hybridized carbons (Fsp3) is 0.727. The molecule has 1 atom stereocenters. The lowest BCUT2D eigenvalue weighted by Crippen LogP contribution is -2.25. The first-order chi connectivity index (χ1) is 6.65. The molecule has 2 nitrogen and oxygen atoms in total. The van der Waals surface area contributed by atoms with Crippen LogP contribution in [0.3, 0.4) is 0 Å². The molecule has 1 aromatic rings. The number of aromatic nitrogens is 1. The summed E-state index contributed by atoms with van der Waals surface area (Å²) in [6, 6.07) is 0.473. The SMILES string of the molecule is CCCNC(c1cnc(C)s1)C(C)C. The predicted octanol–water partition coefficient (Wildman–Crippen LogP) is 3.15. The molecule has 0 saturated heterocycles. The third kappa shape index (κ3) is 3.07. The minimum atomic E-state index is 0.473. The van der Waals surface area contributed by atoms with E-state index < -0.39 is 0 Å². The van der Waals surface area contributed by atoms with Gasteiger partial charge in [0.2, 0.25) is 0 Å². The van der Waals surface area contributed by atoms with Crippen LogP contribution in [0.5, 0.6) is 0 Å². The summed E-state index contributed by atoms with van der Waals surface area (Å²) in [6.07, 6.45) is 3.19. The first-order valence-electron chi connectivity index (χ1n) is 5.30. The highest BCUT2D eigenvalue weighted by Gasteiger charge is 2.16. The van der Waals surface area contributed by atoms with Crippen LogP contribution in [0.25, 0.3) is 0 Å². The van der Waals surface area contributed by atoms with Gasteiger partial charge in [-0.3, -0.25) is 0 Å². The number of rotatable bonds is 5. The topological polar surface area (TPSA) is 24.9 Å². The Balaban J connectivity index is 2.67. The second-order valence-corrected chi connectivity index (χ2v) is 5.22. The Labute approximate surface area is 90.8 Å². The van der Waals surface area contributed by atoms with Gasteiger partial charge in [0.05, 0.1) is 5.01 Å². The van der Waals surface area contributed by atoms with E-state index in [4.69, 9.17) is 0 Å². The monoisotopic (exact) mass is 212 g/mol. The summed E-state index contributed by atoms with van der Waals surface area (Å²) in [5.41, 5.74) is 0. The van der Waals surface area contributed by atoms with Gasteiger partial charge in [-0.2, -0.15) is 0 Å². The molecule has 1 rings (SSSR count). The van der Waals surface area contributed by atoms with Crippen LogP contribution in [0.2, 0.25) is 0 Å². The molecule has 14 heavy (non-hydrogen) atoms. The van der Waals surface area contributed by atoms with Crippen molar-refractivity contribution in [3.05, 3.63) is 16.1 Å². The Morgan fingerprint density at radius 3 is 2.64 bits per heavy atom. The van der Waals surface area contributed by atoms with Crippen LogP contribution in [0, 0.1) is 12.8 Å². The van der Waals surface area contributed by atoms with E-state index in [2.05, 4.69) is 38.0 Å². The maximum absolute atomic E-state index is 4.31. The van der Waals surface area contributed by atoms with Crippen molar-refractivity contribution >= 4 is 11.3 Å². The molecule has 1 aromatic heterocycles. The largest absolute Gasteiger partial charge is 0.309 e. The zero-order valence-electron chi connectivity index (χ0n) is 9.50. The Hall–Kier alpha value is -0.410. The van der Waals surface area contributed by atoms with E-state index in [-0.39, 0.29) is 0 Å². The normalized spacial score (nSPS) is 13.5. The molecule has 80 valence electrons. The van der Waals surface area contributed by atoms with Gasteiger partial charge in [0, 0.05) is 17.1 Å². The molecule has 0 aliphatic heterocycles. The van der Waals surface area contributed by atoms with Crippen molar-refractivity contribution in [3.63, 3.8) is 0 Å². The van der Waals surface area contributed by atoms with E-state index in [1.165, 1.54) is 11.3 Å². The van der Waals surface area contributed by atoms with Gasteiger partial charge < -0.3 is 5.32 Å². The molecule has 1 N–H and O–H groups in total. The average molecular weight is 212 g/mol. The molecule has 0 amide bonds. The highest BCUT2D eigenvalue weighted by atomic mass is 32.1. The standard InChI is InChI=1S/C11H20N2S/c1-5-6-12-11(8(2)3)10-7-13-9(4)14-10/h7-8,11-12H,5-6H2,1-4H3. The molecule has 0 aromatic carbocycles. The molecule has 0 radical (unpaired) electrons. The lowest BCUT2D eigenvalue weighted by atomic mass is 10.0. The molecular formula is C11H20N2S. The van der Waals surface area contributed by atoms with Crippen LogP contribution in [0.4, 0.5) is 0 Å². The number of aryl methyl sites for hydroxylation is 1. The molecule has 0 aliphatic carbocycles. The van der Waals surface area contributed by atoms with E-state index >= 15 is 0 Å². The molecule has 0 spiro atoms. The molecule has 3 heteroatoms. The summed E-state index contributed by atoms with van der Waals surface area (Å²) in [7, 11) is 0. The summed E-state index contributed by atoms with van der Waals surface area (Å²) in [5, 5.41) is 4.73. The van der Waals surface area contributed by atoms with Crippen LogP contribution in [0.15, 0.2) is 6.20 Å². The molecule has 1 unspecified atom stereocenters. The summed E-state index contributed by atoms with van der Waals surface area (Å²) in [6.45, 7) is 9.85. The van der Waals surface area contributed by atoms with Gasteiger partial charge in [-0.05, 0) is 25.8 Å². The highest BCUT2D eigenvalue weighted by molar-refractivity contribution is 7.11. The number of nitrogens with one attached hydrogen (secondary N) is 1. The number of hydrogen-bond acceptors (Lipinski definition) is 3. The summed E-state index contributed by atoms with van der Waals surface area (Å²) in [4.78, 5) is 5.67. The van der Waals surface area contributed by atoms with E-state index in [1.807, 2.05) is 6.20 Å². The minimum absolute atomic E-state index is 0.473. The van der Waals surface area contributed by atoms with Crippen LogP contribution in [-0.4, -0.2) is 11.5 Å². The fourth-order valence-corrected chi connectivity index (χ4v) is 2.52. The van der Waals surface area contributed by atoms with Crippen molar-refractivity contribution in [1.29, 1.82) is 0 Å². The zero-order valence-corrected chi connectivity index (χ0v) is 10.3. The summed E-state index contributed by atoms with van der Waals surface area (Å²) in [5.74, 6) is 0.626. The van der Waals surface area contributed by atoms with Crippen molar-refractivity contribution in [2.75, 3.05) is 6.54 Å². The van der Waals surface area contributed by atoms with Gasteiger partial charge in [0.15, 0.2) is 0 Å². The van der Waals surface area contributed by atoms with Crippen molar-refractivity contribution in [1.82, 2.24) is 10.3 Å². The lowest BCUT2D eigenvalue weighted by molar-refractivity contribution is 0.418. The van der Waals surface area contributed by atoms with Crippen molar-refractivity contribution < 1.29 is 0 Å². The van der Waals surface area contributed by atoms with E-state index in [9.17, 15) is 0 Å². The molecule has 1 heterocycles. The Morgan fingerprint density at radius 2 is 2.21 bits per heavy atom. The highest BCUT2D eigenvalue weighted by Crippen LogP contribution is 2.26. The molecule has 0 bridgehead atoms. The average Bonchev–Trinajstić information content (AvgIpc) is 2.52. The molecule has 0 fully saturated rings. The Kier molecular flexibility index (Phi) is 4.55. The number of nitrogens with zero attached hydrogens (tertiary/aromatic N) is 1. The summed E-state index contributed by atoms with van der Waals surface area (Å²) < 4.78 is 0. The first-order valence-corrected chi connectivity index (χ1v) is 6.12. The quantitative estimate of drug-likeness (QED) is 0.811. The van der Waals surface area contributed by atoms with Gasteiger partial charge in [0.1, 0.15) is 0 Å². The fourth-order valence-electron chi connectivity index (χ4n) is 1.49. The molecular weight excluding hydrogens is 192 g/mol. The molecule has 0 saturated carbocycles. The van der Waals surface area contributed by atoms with Crippen LogP contribution in [0.1, 0.15) is 43.1 Å². The van der Waals surface area contributed by atoms with Crippen LogP contribution >= 0.6 is 11.3 Å². The third-order valence-electron chi connectivity index (χ3n) is 2.23. The first kappa shape index (κ1) is 11.7. The third-order valence-corrected chi connectivity index (χ3v) is 3.22. The second kappa shape index (κ2) is 5.47. The minimum Gasteiger partial charge on any atom is -0.309 e. The van der Waals surface area contributed by atoms with Crippen LogP contribution in [-0.2, 0) is 0 Å². The second-order valence-electron chi connectivity index (χ2n) is 3.96. The zero-order chi connectivity index (χ0) is 10.6. The van der Waals surface area contributed by atoms with Gasteiger partial charge in [-0.15, -0.1) is 11.3 Å². The molecule has 0 aliphatic rings. The number of hydrogen-bond donors (Lipinski definition) is 1. The Morgan fingerprint density at radius 1 is 1.50 bits per heavy atom. The van der Waals surface area contributed by atoms with Crippen molar-refractivity contribution in [2.45, 2.75) is 40.2 Å². The van der Waals surface area contributed by atoms with E-state index in [0.29, 0.717) is 12.0 Å². The van der Waals surface area contributed by atoms with Crippen LogP contribution < -0.4 is 5.32 Å².